The van der Waals surface area contributed by atoms with Crippen molar-refractivity contribution in [2.24, 2.45) is 0 Å². The highest BCUT2D eigenvalue weighted by Crippen LogP contribution is 2.31. The second-order valence-electron chi connectivity index (χ2n) is 5.85. The van der Waals surface area contributed by atoms with Crippen molar-refractivity contribution in [1.29, 1.82) is 0 Å². The minimum absolute atomic E-state index is 0.0912. The third kappa shape index (κ3) is 4.08. The summed E-state index contributed by atoms with van der Waals surface area (Å²) < 4.78 is 41.2. The Labute approximate surface area is 157 Å². The van der Waals surface area contributed by atoms with E-state index in [0.29, 0.717) is 10.6 Å². The summed E-state index contributed by atoms with van der Waals surface area (Å²) in [5.41, 5.74) is 0.319. The van der Waals surface area contributed by atoms with E-state index in [1.54, 1.807) is 4.57 Å². The number of H-pyrrole nitrogens is 1. The molecule has 9 heteroatoms. The maximum absolute atomic E-state index is 13.1. The highest BCUT2D eigenvalue weighted by molar-refractivity contribution is 7.71. The Balaban J connectivity index is 1.85. The molecule has 0 radical (unpaired) electrons. The van der Waals surface area contributed by atoms with E-state index in [1.165, 1.54) is 12.1 Å². The summed E-state index contributed by atoms with van der Waals surface area (Å²) in [6.45, 7) is 1.83. The van der Waals surface area contributed by atoms with Crippen molar-refractivity contribution in [1.82, 2.24) is 20.1 Å². The van der Waals surface area contributed by atoms with Gasteiger partial charge in [-0.1, -0.05) is 24.3 Å². The van der Waals surface area contributed by atoms with Gasteiger partial charge in [0.15, 0.2) is 10.6 Å². The summed E-state index contributed by atoms with van der Waals surface area (Å²) in [5.74, 6) is -0.462. The first kappa shape index (κ1) is 18.8. The van der Waals surface area contributed by atoms with Gasteiger partial charge in [-0.25, -0.2) is 0 Å². The SMILES string of the molecule is Cc1cccc(-n2c(CNC(=O)c3ccccc3C(F)(F)F)n[nH]c2=S)c1. The largest absolute Gasteiger partial charge is 0.417 e. The molecule has 0 aliphatic carbocycles. The van der Waals surface area contributed by atoms with Gasteiger partial charge >= 0.3 is 6.18 Å². The van der Waals surface area contributed by atoms with Gasteiger partial charge in [-0.3, -0.25) is 14.5 Å². The molecule has 140 valence electrons. The Morgan fingerprint density at radius 2 is 1.96 bits per heavy atom. The van der Waals surface area contributed by atoms with Crippen LogP contribution in [-0.2, 0) is 12.7 Å². The number of aromatic amines is 1. The monoisotopic (exact) mass is 392 g/mol. The van der Waals surface area contributed by atoms with Gasteiger partial charge in [-0.2, -0.15) is 18.3 Å². The fraction of sp³-hybridized carbons (Fsp3) is 0.167. The number of rotatable bonds is 4. The third-order valence-electron chi connectivity index (χ3n) is 3.89. The summed E-state index contributed by atoms with van der Waals surface area (Å²) in [6, 6.07) is 12.1. The van der Waals surface area contributed by atoms with E-state index in [2.05, 4.69) is 15.5 Å². The third-order valence-corrected chi connectivity index (χ3v) is 4.16. The number of carbonyl (C=O) groups excluding carboxylic acids is 1. The molecule has 5 nitrogen and oxygen atoms in total. The molecule has 27 heavy (non-hydrogen) atoms. The molecule has 0 spiro atoms. The summed E-state index contributed by atoms with van der Waals surface area (Å²) in [5, 5.41) is 9.18. The normalized spacial score (nSPS) is 11.4. The van der Waals surface area contributed by atoms with Gasteiger partial charge in [0, 0.05) is 5.69 Å². The van der Waals surface area contributed by atoms with E-state index in [1.807, 2.05) is 31.2 Å². The molecule has 3 rings (SSSR count). The van der Waals surface area contributed by atoms with Crippen molar-refractivity contribution < 1.29 is 18.0 Å². The summed E-state index contributed by atoms with van der Waals surface area (Å²) in [7, 11) is 0. The van der Waals surface area contributed by atoms with E-state index in [0.717, 1.165) is 23.4 Å². The van der Waals surface area contributed by atoms with E-state index < -0.39 is 23.2 Å². The highest BCUT2D eigenvalue weighted by Gasteiger charge is 2.34. The first-order valence-electron chi connectivity index (χ1n) is 7.95. The molecule has 0 saturated heterocycles. The second kappa shape index (κ2) is 7.36. The first-order valence-corrected chi connectivity index (χ1v) is 8.36. The molecule has 0 fully saturated rings. The molecule has 1 amide bonds. The molecule has 1 heterocycles. The molecule has 2 aromatic carbocycles. The van der Waals surface area contributed by atoms with Gasteiger partial charge in [0.05, 0.1) is 17.7 Å². The minimum Gasteiger partial charge on any atom is -0.345 e. The van der Waals surface area contributed by atoms with Gasteiger partial charge in [-0.05, 0) is 49.0 Å². The van der Waals surface area contributed by atoms with Crippen LogP contribution in [0.25, 0.3) is 5.69 Å². The number of hydrogen-bond donors (Lipinski definition) is 2. The lowest BCUT2D eigenvalue weighted by atomic mass is 10.1. The van der Waals surface area contributed by atoms with Crippen LogP contribution in [0.5, 0.6) is 0 Å². The standard InChI is InChI=1S/C18H15F3N4OS/c1-11-5-4-6-12(9-11)25-15(23-24-17(25)27)10-22-16(26)13-7-2-3-8-14(13)18(19,20)21/h2-9H,10H2,1H3,(H,22,26)(H,24,27). The fourth-order valence-corrected chi connectivity index (χ4v) is 2.92. The molecule has 1 aromatic heterocycles. The van der Waals surface area contributed by atoms with E-state index in [-0.39, 0.29) is 6.54 Å². The number of nitrogens with zero attached hydrogens (tertiary/aromatic N) is 2. The van der Waals surface area contributed by atoms with E-state index >= 15 is 0 Å². The average Bonchev–Trinajstić information content (AvgIpc) is 2.99. The van der Waals surface area contributed by atoms with E-state index in [9.17, 15) is 18.0 Å². The fourth-order valence-electron chi connectivity index (χ4n) is 2.66. The van der Waals surface area contributed by atoms with Crippen LogP contribution in [-0.4, -0.2) is 20.7 Å². The Bertz CT molecular complexity index is 1040. The van der Waals surface area contributed by atoms with Crippen molar-refractivity contribution in [2.75, 3.05) is 0 Å². The smallest absolute Gasteiger partial charge is 0.345 e. The lowest BCUT2D eigenvalue weighted by Gasteiger charge is -2.13. The predicted molar refractivity (Wildman–Crippen MR) is 96.1 cm³/mol. The lowest BCUT2D eigenvalue weighted by molar-refractivity contribution is -0.137. The van der Waals surface area contributed by atoms with Crippen molar-refractivity contribution in [3.8, 4) is 5.69 Å². The minimum atomic E-state index is -4.62. The van der Waals surface area contributed by atoms with E-state index in [4.69, 9.17) is 12.2 Å². The number of carbonyl (C=O) groups is 1. The molecule has 0 aliphatic heterocycles. The Hall–Kier alpha value is -2.94. The molecule has 2 N–H and O–H groups in total. The summed E-state index contributed by atoms with van der Waals surface area (Å²) >= 11 is 5.22. The summed E-state index contributed by atoms with van der Waals surface area (Å²) in [4.78, 5) is 12.3. The maximum Gasteiger partial charge on any atom is 0.417 e. The molecule has 0 unspecified atom stereocenters. The van der Waals surface area contributed by atoms with Gasteiger partial charge in [0.25, 0.3) is 5.91 Å². The molecule has 0 saturated carbocycles. The van der Waals surface area contributed by atoms with Crippen LogP contribution in [0.4, 0.5) is 13.2 Å². The molecule has 0 atom stereocenters. The van der Waals surface area contributed by atoms with Crippen molar-refractivity contribution in [3.05, 3.63) is 75.8 Å². The molecular formula is C18H15F3N4OS. The highest BCUT2D eigenvalue weighted by atomic mass is 32.1. The van der Waals surface area contributed by atoms with Crippen molar-refractivity contribution in [3.63, 3.8) is 0 Å². The topological polar surface area (TPSA) is 62.7 Å². The zero-order valence-corrected chi connectivity index (χ0v) is 15.0. The van der Waals surface area contributed by atoms with Crippen LogP contribution >= 0.6 is 12.2 Å². The van der Waals surface area contributed by atoms with Crippen LogP contribution < -0.4 is 5.32 Å². The van der Waals surface area contributed by atoms with Gasteiger partial charge in [-0.15, -0.1) is 0 Å². The number of aromatic nitrogens is 3. The number of nitrogens with one attached hydrogen (secondary N) is 2. The first-order chi connectivity index (χ1) is 12.8. The quantitative estimate of drug-likeness (QED) is 0.655. The average molecular weight is 392 g/mol. The van der Waals surface area contributed by atoms with Gasteiger partial charge < -0.3 is 5.32 Å². The Morgan fingerprint density at radius 3 is 2.67 bits per heavy atom. The molecule has 0 bridgehead atoms. The van der Waals surface area contributed by atoms with Crippen LogP contribution in [0.1, 0.15) is 27.3 Å². The van der Waals surface area contributed by atoms with Gasteiger partial charge in [0.2, 0.25) is 0 Å². The van der Waals surface area contributed by atoms with Crippen molar-refractivity contribution >= 4 is 18.1 Å². The molecule has 0 aliphatic rings. The maximum atomic E-state index is 13.1. The Kier molecular flexibility index (Phi) is 5.13. The summed E-state index contributed by atoms with van der Waals surface area (Å²) in [6.07, 6.45) is -4.62. The number of aryl methyl sites for hydroxylation is 1. The van der Waals surface area contributed by atoms with Crippen LogP contribution in [0.3, 0.4) is 0 Å². The van der Waals surface area contributed by atoms with Crippen LogP contribution in [0.15, 0.2) is 48.5 Å². The molecule has 3 aromatic rings. The van der Waals surface area contributed by atoms with Gasteiger partial charge in [0.1, 0.15) is 0 Å². The number of halogens is 3. The number of alkyl halides is 3. The lowest BCUT2D eigenvalue weighted by Crippen LogP contribution is -2.27. The van der Waals surface area contributed by atoms with Crippen LogP contribution in [0.2, 0.25) is 0 Å². The zero-order chi connectivity index (χ0) is 19.6. The molecular weight excluding hydrogens is 377 g/mol. The predicted octanol–water partition coefficient (Wildman–Crippen LogP) is 4.19. The van der Waals surface area contributed by atoms with Crippen LogP contribution in [0, 0.1) is 11.7 Å². The van der Waals surface area contributed by atoms with Crippen molar-refractivity contribution in [2.45, 2.75) is 19.6 Å². The number of amides is 1. The Morgan fingerprint density at radius 1 is 1.22 bits per heavy atom. The second-order valence-corrected chi connectivity index (χ2v) is 6.23. The number of benzene rings is 2. The zero-order valence-electron chi connectivity index (χ0n) is 14.2. The number of hydrogen-bond acceptors (Lipinski definition) is 3.